The monoisotopic (exact) mass is 389 g/mol. The number of rotatable bonds is 6. The number of aromatic nitrogens is 2. The van der Waals surface area contributed by atoms with E-state index >= 15 is 0 Å². The van der Waals surface area contributed by atoms with Crippen molar-refractivity contribution < 1.29 is 9.53 Å². The fourth-order valence-corrected chi connectivity index (χ4v) is 3.69. The lowest BCUT2D eigenvalue weighted by molar-refractivity contribution is 0.0951. The van der Waals surface area contributed by atoms with Gasteiger partial charge in [-0.1, -0.05) is 42.5 Å². The second kappa shape index (κ2) is 8.10. The van der Waals surface area contributed by atoms with Crippen molar-refractivity contribution in [2.24, 2.45) is 0 Å². The molecule has 28 heavy (non-hydrogen) atoms. The summed E-state index contributed by atoms with van der Waals surface area (Å²) in [5.74, 6) is 0.581. The maximum Gasteiger partial charge on any atom is 0.255 e. The zero-order valence-corrected chi connectivity index (χ0v) is 16.1. The van der Waals surface area contributed by atoms with Crippen LogP contribution < -0.4 is 10.1 Å². The van der Waals surface area contributed by atoms with Crippen LogP contribution in [0.4, 0.5) is 0 Å². The summed E-state index contributed by atoms with van der Waals surface area (Å²) in [4.78, 5) is 13.9. The summed E-state index contributed by atoms with van der Waals surface area (Å²) in [6.45, 7) is 0.378. The van der Waals surface area contributed by atoms with Crippen LogP contribution in [0.5, 0.6) is 5.75 Å². The van der Waals surface area contributed by atoms with Gasteiger partial charge in [-0.25, -0.2) is 4.68 Å². The van der Waals surface area contributed by atoms with E-state index < -0.39 is 0 Å². The van der Waals surface area contributed by atoms with Gasteiger partial charge in [0.25, 0.3) is 5.91 Å². The van der Waals surface area contributed by atoms with E-state index in [1.54, 1.807) is 29.3 Å². The van der Waals surface area contributed by atoms with Crippen LogP contribution in [0.3, 0.4) is 0 Å². The van der Waals surface area contributed by atoms with Crippen LogP contribution in [-0.4, -0.2) is 22.8 Å². The van der Waals surface area contributed by atoms with Gasteiger partial charge >= 0.3 is 0 Å². The second-order valence-corrected chi connectivity index (χ2v) is 7.09. The number of carbonyl (C=O) groups is 1. The number of nitrogens with one attached hydrogen (secondary N) is 1. The highest BCUT2D eigenvalue weighted by Crippen LogP contribution is 2.28. The Morgan fingerprint density at radius 3 is 2.61 bits per heavy atom. The maximum absolute atomic E-state index is 13.0. The van der Waals surface area contributed by atoms with Gasteiger partial charge in [0.15, 0.2) is 0 Å². The largest absolute Gasteiger partial charge is 0.496 e. The molecule has 4 aromatic rings. The standard InChI is InChI=1S/C22H19N3O2S/c1-27-19-11-6-5-8-16(19)14-23-22(26)18-15-25(17-9-3-2-4-10-17)24-21(18)20-12-7-13-28-20/h2-13,15H,14H2,1H3,(H,23,26). The van der Waals surface area contributed by atoms with Crippen molar-refractivity contribution in [2.75, 3.05) is 7.11 Å². The number of para-hydroxylation sites is 2. The predicted octanol–water partition coefficient (Wildman–Crippen LogP) is 4.54. The van der Waals surface area contributed by atoms with Gasteiger partial charge in [-0.05, 0) is 29.6 Å². The molecule has 0 spiro atoms. The number of amides is 1. The third-order valence-electron chi connectivity index (χ3n) is 4.37. The van der Waals surface area contributed by atoms with Crippen LogP contribution in [0.2, 0.25) is 0 Å². The Morgan fingerprint density at radius 2 is 1.86 bits per heavy atom. The highest BCUT2D eigenvalue weighted by atomic mass is 32.1. The molecule has 5 nitrogen and oxygen atoms in total. The molecule has 0 saturated heterocycles. The van der Waals surface area contributed by atoms with Gasteiger partial charge in [0.05, 0.1) is 23.2 Å². The molecule has 0 bridgehead atoms. The Labute approximate surface area is 167 Å². The molecule has 0 fully saturated rings. The number of thiophene rings is 1. The number of carbonyl (C=O) groups excluding carboxylic acids is 1. The highest BCUT2D eigenvalue weighted by Gasteiger charge is 2.19. The van der Waals surface area contributed by atoms with Crippen LogP contribution in [0.1, 0.15) is 15.9 Å². The first-order chi connectivity index (χ1) is 13.8. The summed E-state index contributed by atoms with van der Waals surface area (Å²) < 4.78 is 7.10. The summed E-state index contributed by atoms with van der Waals surface area (Å²) in [7, 11) is 1.62. The van der Waals surface area contributed by atoms with Crippen molar-refractivity contribution in [1.29, 1.82) is 0 Å². The van der Waals surface area contributed by atoms with Gasteiger partial charge in [-0.15, -0.1) is 11.3 Å². The molecule has 1 N–H and O–H groups in total. The van der Waals surface area contributed by atoms with E-state index in [2.05, 4.69) is 10.4 Å². The maximum atomic E-state index is 13.0. The zero-order chi connectivity index (χ0) is 19.3. The number of nitrogens with zero attached hydrogens (tertiary/aromatic N) is 2. The molecule has 0 aliphatic carbocycles. The van der Waals surface area contributed by atoms with Crippen molar-refractivity contribution in [1.82, 2.24) is 15.1 Å². The van der Waals surface area contributed by atoms with Crippen LogP contribution >= 0.6 is 11.3 Å². The van der Waals surface area contributed by atoms with Gasteiger partial charge in [0.2, 0.25) is 0 Å². The number of hydrogen-bond donors (Lipinski definition) is 1. The molecule has 6 heteroatoms. The van der Waals surface area contributed by atoms with Crippen LogP contribution in [-0.2, 0) is 6.54 Å². The van der Waals surface area contributed by atoms with Gasteiger partial charge in [-0.3, -0.25) is 4.79 Å². The van der Waals surface area contributed by atoms with Crippen LogP contribution in [0.15, 0.2) is 78.3 Å². The molecule has 2 aromatic carbocycles. The van der Waals surface area contributed by atoms with E-state index in [1.165, 1.54) is 0 Å². The van der Waals surface area contributed by atoms with E-state index in [0.29, 0.717) is 17.8 Å². The molecule has 0 saturated carbocycles. The first kappa shape index (κ1) is 18.0. The lowest BCUT2D eigenvalue weighted by Gasteiger charge is -2.09. The number of methoxy groups -OCH3 is 1. The molecule has 0 radical (unpaired) electrons. The Morgan fingerprint density at radius 1 is 1.07 bits per heavy atom. The molecular formula is C22H19N3O2S. The van der Waals surface area contributed by atoms with Gasteiger partial charge < -0.3 is 10.1 Å². The van der Waals surface area contributed by atoms with Crippen LogP contribution in [0, 0.1) is 0 Å². The Balaban J connectivity index is 1.64. The lowest BCUT2D eigenvalue weighted by Crippen LogP contribution is -2.23. The quantitative estimate of drug-likeness (QED) is 0.527. The summed E-state index contributed by atoms with van der Waals surface area (Å²) in [6, 6.07) is 21.3. The Bertz CT molecular complexity index is 1070. The molecule has 0 unspecified atom stereocenters. The molecule has 4 rings (SSSR count). The first-order valence-electron chi connectivity index (χ1n) is 8.85. The predicted molar refractivity (Wildman–Crippen MR) is 111 cm³/mol. The normalized spacial score (nSPS) is 10.6. The third-order valence-corrected chi connectivity index (χ3v) is 5.24. The molecule has 0 aliphatic heterocycles. The van der Waals surface area contributed by atoms with Crippen molar-refractivity contribution in [2.45, 2.75) is 6.54 Å². The SMILES string of the molecule is COc1ccccc1CNC(=O)c1cn(-c2ccccc2)nc1-c1cccs1. The summed E-state index contributed by atoms with van der Waals surface area (Å²) in [5.41, 5.74) is 3.05. The Hall–Kier alpha value is -3.38. The fraction of sp³-hybridized carbons (Fsp3) is 0.0909. The lowest BCUT2D eigenvalue weighted by atomic mass is 10.1. The van der Waals surface area contributed by atoms with E-state index in [4.69, 9.17) is 4.74 Å². The molecular weight excluding hydrogens is 370 g/mol. The van der Waals surface area contributed by atoms with Gasteiger partial charge in [0, 0.05) is 18.3 Å². The summed E-state index contributed by atoms with van der Waals surface area (Å²) in [5, 5.41) is 9.64. The third kappa shape index (κ3) is 3.68. The smallest absolute Gasteiger partial charge is 0.255 e. The molecule has 0 atom stereocenters. The number of benzene rings is 2. The topological polar surface area (TPSA) is 56.1 Å². The molecule has 0 aliphatic rings. The summed E-state index contributed by atoms with van der Waals surface area (Å²) >= 11 is 1.56. The minimum Gasteiger partial charge on any atom is -0.496 e. The minimum absolute atomic E-state index is 0.170. The molecule has 140 valence electrons. The van der Waals surface area contributed by atoms with Gasteiger partial charge in [-0.2, -0.15) is 5.10 Å². The van der Waals surface area contributed by atoms with E-state index in [0.717, 1.165) is 21.9 Å². The average molecular weight is 389 g/mol. The van der Waals surface area contributed by atoms with E-state index in [-0.39, 0.29) is 5.91 Å². The van der Waals surface area contributed by atoms with E-state index in [9.17, 15) is 4.79 Å². The van der Waals surface area contributed by atoms with Crippen molar-refractivity contribution in [3.63, 3.8) is 0 Å². The fourth-order valence-electron chi connectivity index (χ4n) is 2.97. The number of hydrogen-bond acceptors (Lipinski definition) is 4. The van der Waals surface area contributed by atoms with E-state index in [1.807, 2.05) is 72.1 Å². The van der Waals surface area contributed by atoms with Crippen molar-refractivity contribution in [3.05, 3.63) is 89.4 Å². The van der Waals surface area contributed by atoms with Gasteiger partial charge in [0.1, 0.15) is 11.4 Å². The average Bonchev–Trinajstić information content (AvgIpc) is 3.42. The minimum atomic E-state index is -0.170. The Kier molecular flexibility index (Phi) is 5.21. The molecule has 2 aromatic heterocycles. The zero-order valence-electron chi connectivity index (χ0n) is 15.3. The molecule has 2 heterocycles. The van der Waals surface area contributed by atoms with Crippen molar-refractivity contribution >= 4 is 17.2 Å². The second-order valence-electron chi connectivity index (χ2n) is 6.14. The molecule has 1 amide bonds. The first-order valence-corrected chi connectivity index (χ1v) is 9.73. The summed E-state index contributed by atoms with van der Waals surface area (Å²) in [6.07, 6.45) is 1.78. The van der Waals surface area contributed by atoms with Crippen LogP contribution in [0.25, 0.3) is 16.3 Å². The highest BCUT2D eigenvalue weighted by molar-refractivity contribution is 7.13. The number of ether oxygens (including phenoxy) is 1. The van der Waals surface area contributed by atoms with Crippen molar-refractivity contribution in [3.8, 4) is 22.0 Å².